The lowest BCUT2D eigenvalue weighted by Gasteiger charge is -2.33. The van der Waals surface area contributed by atoms with E-state index in [0.717, 1.165) is 36.2 Å². The van der Waals surface area contributed by atoms with Crippen LogP contribution in [0, 0.1) is 6.92 Å². The average molecular weight is 320 g/mol. The van der Waals surface area contributed by atoms with Crippen molar-refractivity contribution in [1.29, 1.82) is 0 Å². The molecule has 4 heteroatoms. The summed E-state index contributed by atoms with van der Waals surface area (Å²) in [5.41, 5.74) is 7.68. The van der Waals surface area contributed by atoms with Gasteiger partial charge in [0.1, 0.15) is 0 Å². The zero-order valence-electron chi connectivity index (χ0n) is 14.7. The Balaban J connectivity index is 1.71. The van der Waals surface area contributed by atoms with Crippen LogP contribution in [0.25, 0.3) is 11.0 Å². The predicted molar refractivity (Wildman–Crippen MR) is 98.4 cm³/mol. The first-order chi connectivity index (χ1) is 11.7. The van der Waals surface area contributed by atoms with Crippen LogP contribution in [-0.4, -0.2) is 21.3 Å². The van der Waals surface area contributed by atoms with Crippen LogP contribution in [0.5, 0.6) is 0 Å². The van der Waals surface area contributed by atoms with E-state index in [0.29, 0.717) is 0 Å². The number of nitrogens with zero attached hydrogens (tertiary/aromatic N) is 4. The van der Waals surface area contributed by atoms with Gasteiger partial charge in [-0.25, -0.2) is 4.98 Å². The van der Waals surface area contributed by atoms with Crippen molar-refractivity contribution in [3.63, 3.8) is 0 Å². The third kappa shape index (κ3) is 2.46. The summed E-state index contributed by atoms with van der Waals surface area (Å²) >= 11 is 0. The number of anilines is 1. The molecule has 124 valence electrons. The Kier molecular flexibility index (Phi) is 3.75. The summed E-state index contributed by atoms with van der Waals surface area (Å²) in [6.45, 7) is 6.34. The van der Waals surface area contributed by atoms with Crippen molar-refractivity contribution in [1.82, 2.24) is 14.8 Å². The first-order valence-electron chi connectivity index (χ1n) is 8.81. The molecule has 3 heterocycles. The Labute approximate surface area is 143 Å². The number of aromatic nitrogens is 3. The summed E-state index contributed by atoms with van der Waals surface area (Å²) in [5.74, 6) is 0. The van der Waals surface area contributed by atoms with Gasteiger partial charge in [-0.15, -0.1) is 0 Å². The number of hydrogen-bond donors (Lipinski definition) is 0. The lowest BCUT2D eigenvalue weighted by Crippen LogP contribution is -2.30. The second kappa shape index (κ2) is 5.93. The van der Waals surface area contributed by atoms with Crippen LogP contribution in [0.3, 0.4) is 0 Å². The molecule has 0 atom stereocenters. The van der Waals surface area contributed by atoms with E-state index in [9.17, 15) is 0 Å². The molecule has 1 aliphatic rings. The molecule has 2 aromatic heterocycles. The summed E-state index contributed by atoms with van der Waals surface area (Å²) in [6, 6.07) is 9.01. The fourth-order valence-electron chi connectivity index (χ4n) is 3.93. The Morgan fingerprint density at radius 2 is 2.12 bits per heavy atom. The highest BCUT2D eigenvalue weighted by molar-refractivity contribution is 5.78. The second-order valence-electron chi connectivity index (χ2n) is 6.73. The third-order valence-electron chi connectivity index (χ3n) is 5.07. The van der Waals surface area contributed by atoms with E-state index in [1.807, 2.05) is 17.9 Å². The fourth-order valence-corrected chi connectivity index (χ4v) is 3.93. The minimum Gasteiger partial charge on any atom is -0.367 e. The molecular weight excluding hydrogens is 296 g/mol. The van der Waals surface area contributed by atoms with Gasteiger partial charge >= 0.3 is 0 Å². The Morgan fingerprint density at radius 1 is 1.25 bits per heavy atom. The number of aryl methyl sites for hydroxylation is 4. The van der Waals surface area contributed by atoms with Crippen LogP contribution < -0.4 is 4.90 Å². The first kappa shape index (κ1) is 15.2. The average Bonchev–Trinajstić information content (AvgIpc) is 2.88. The summed E-state index contributed by atoms with van der Waals surface area (Å²) in [7, 11) is 1.95. The molecule has 0 saturated carbocycles. The van der Waals surface area contributed by atoms with Gasteiger partial charge in [0.2, 0.25) is 0 Å². The number of pyridine rings is 1. The quantitative estimate of drug-likeness (QED) is 0.736. The molecule has 0 radical (unpaired) electrons. The molecule has 4 rings (SSSR count). The Bertz CT molecular complexity index is 880. The lowest BCUT2D eigenvalue weighted by molar-refractivity contribution is 0.685. The van der Waals surface area contributed by atoms with E-state index in [-0.39, 0.29) is 0 Å². The highest BCUT2D eigenvalue weighted by Gasteiger charge is 2.20. The van der Waals surface area contributed by atoms with Gasteiger partial charge in [0.25, 0.3) is 0 Å². The number of hydrogen-bond acceptors (Lipinski definition) is 3. The van der Waals surface area contributed by atoms with Gasteiger partial charge < -0.3 is 4.90 Å². The van der Waals surface area contributed by atoms with E-state index in [2.05, 4.69) is 53.1 Å². The number of fused-ring (bicyclic) bond motifs is 2. The van der Waals surface area contributed by atoms with Gasteiger partial charge in [0.05, 0.1) is 5.69 Å². The molecule has 24 heavy (non-hydrogen) atoms. The van der Waals surface area contributed by atoms with Gasteiger partial charge in [-0.05, 0) is 48.9 Å². The molecule has 0 bridgehead atoms. The minimum absolute atomic E-state index is 0.918. The van der Waals surface area contributed by atoms with E-state index in [1.165, 1.54) is 35.2 Å². The molecule has 4 nitrogen and oxygen atoms in total. The standard InChI is InChI=1S/C20H24N4/c1-4-16-7-5-8-17-9-6-10-24(19(16)17)13-15-11-18-14(2)22-23(3)20(18)21-12-15/h5,7-8,11-12H,4,6,9-10,13H2,1-3H3. The normalized spacial score (nSPS) is 14.2. The van der Waals surface area contributed by atoms with Crippen molar-refractivity contribution in [2.24, 2.45) is 7.05 Å². The zero-order valence-corrected chi connectivity index (χ0v) is 14.7. The molecule has 0 amide bonds. The highest BCUT2D eigenvalue weighted by Crippen LogP contribution is 2.32. The van der Waals surface area contributed by atoms with Gasteiger partial charge in [-0.2, -0.15) is 5.10 Å². The third-order valence-corrected chi connectivity index (χ3v) is 5.07. The fraction of sp³-hybridized carbons (Fsp3) is 0.400. The largest absolute Gasteiger partial charge is 0.367 e. The maximum atomic E-state index is 4.64. The molecule has 1 aromatic carbocycles. The van der Waals surface area contributed by atoms with E-state index in [4.69, 9.17) is 0 Å². The van der Waals surface area contributed by atoms with Crippen molar-refractivity contribution >= 4 is 16.7 Å². The number of benzene rings is 1. The van der Waals surface area contributed by atoms with Crippen LogP contribution in [0.1, 0.15) is 35.7 Å². The van der Waals surface area contributed by atoms with Crippen molar-refractivity contribution in [2.45, 2.75) is 39.7 Å². The highest BCUT2D eigenvalue weighted by atomic mass is 15.3. The molecule has 1 aliphatic heterocycles. The molecule has 0 unspecified atom stereocenters. The van der Waals surface area contributed by atoms with Crippen LogP contribution >= 0.6 is 0 Å². The van der Waals surface area contributed by atoms with Crippen molar-refractivity contribution in [3.8, 4) is 0 Å². The maximum absolute atomic E-state index is 4.64. The SMILES string of the molecule is CCc1cccc2c1N(Cc1cnc3c(c1)c(C)nn3C)CCC2. The number of rotatable bonds is 3. The topological polar surface area (TPSA) is 34.0 Å². The van der Waals surface area contributed by atoms with Crippen molar-refractivity contribution in [3.05, 3.63) is 52.8 Å². The molecular formula is C20H24N4. The predicted octanol–water partition coefficient (Wildman–Crippen LogP) is 3.79. The van der Waals surface area contributed by atoms with E-state index >= 15 is 0 Å². The lowest BCUT2D eigenvalue weighted by atomic mass is 9.96. The molecule has 0 fully saturated rings. The van der Waals surface area contributed by atoms with Crippen LogP contribution in [0.4, 0.5) is 5.69 Å². The van der Waals surface area contributed by atoms with E-state index < -0.39 is 0 Å². The monoisotopic (exact) mass is 320 g/mol. The summed E-state index contributed by atoms with van der Waals surface area (Å²) in [6.07, 6.45) is 5.51. The number of para-hydroxylation sites is 1. The van der Waals surface area contributed by atoms with E-state index in [1.54, 1.807) is 0 Å². The van der Waals surface area contributed by atoms with Gasteiger partial charge in [0.15, 0.2) is 5.65 Å². The zero-order chi connectivity index (χ0) is 16.7. The van der Waals surface area contributed by atoms with Gasteiger partial charge in [0, 0.05) is 37.4 Å². The van der Waals surface area contributed by atoms with Gasteiger partial charge in [-0.1, -0.05) is 25.1 Å². The molecule has 3 aromatic rings. The van der Waals surface area contributed by atoms with Crippen molar-refractivity contribution < 1.29 is 0 Å². The molecule has 0 N–H and O–H groups in total. The smallest absolute Gasteiger partial charge is 0.157 e. The van der Waals surface area contributed by atoms with Crippen LogP contribution in [0.2, 0.25) is 0 Å². The van der Waals surface area contributed by atoms with Crippen LogP contribution in [0.15, 0.2) is 30.5 Å². The Morgan fingerprint density at radius 3 is 2.96 bits per heavy atom. The van der Waals surface area contributed by atoms with Crippen LogP contribution in [-0.2, 0) is 26.4 Å². The van der Waals surface area contributed by atoms with Gasteiger partial charge in [-0.3, -0.25) is 4.68 Å². The minimum atomic E-state index is 0.918. The Hall–Kier alpha value is -2.36. The summed E-state index contributed by atoms with van der Waals surface area (Å²) < 4.78 is 1.86. The van der Waals surface area contributed by atoms with Crippen molar-refractivity contribution in [2.75, 3.05) is 11.4 Å². The summed E-state index contributed by atoms with van der Waals surface area (Å²) in [5, 5.41) is 5.64. The maximum Gasteiger partial charge on any atom is 0.157 e. The second-order valence-corrected chi connectivity index (χ2v) is 6.73. The molecule has 0 saturated heterocycles. The summed E-state index contributed by atoms with van der Waals surface area (Å²) in [4.78, 5) is 7.17. The first-order valence-corrected chi connectivity index (χ1v) is 8.81. The molecule has 0 aliphatic carbocycles. The molecule has 0 spiro atoms.